The lowest BCUT2D eigenvalue weighted by Gasteiger charge is -2.35. The van der Waals surface area contributed by atoms with Crippen molar-refractivity contribution in [2.45, 2.75) is 66.2 Å². The van der Waals surface area contributed by atoms with Crippen LogP contribution in [0.15, 0.2) is 54.6 Å². The van der Waals surface area contributed by atoms with E-state index in [4.69, 9.17) is 4.74 Å². The first-order valence-electron chi connectivity index (χ1n) is 12.4. The molecule has 0 aliphatic carbocycles. The summed E-state index contributed by atoms with van der Waals surface area (Å²) >= 11 is 0. The van der Waals surface area contributed by atoms with E-state index in [1.54, 1.807) is 0 Å². The summed E-state index contributed by atoms with van der Waals surface area (Å²) in [6, 6.07) is 18.0. The highest BCUT2D eigenvalue weighted by Crippen LogP contribution is 2.42. The van der Waals surface area contributed by atoms with Crippen molar-refractivity contribution in [3.63, 3.8) is 0 Å². The molecule has 0 fully saturated rings. The molecule has 3 aromatic carbocycles. The van der Waals surface area contributed by atoms with Gasteiger partial charge in [-0.2, -0.15) is 0 Å². The van der Waals surface area contributed by atoms with Crippen molar-refractivity contribution in [1.82, 2.24) is 4.90 Å². The summed E-state index contributed by atoms with van der Waals surface area (Å²) in [5.74, 6) is -1.12. The monoisotopic (exact) mass is 485 g/mol. The average Bonchev–Trinajstić information content (AvgIpc) is 2.82. The van der Waals surface area contributed by atoms with Crippen LogP contribution in [0.2, 0.25) is 0 Å². The number of aryl methyl sites for hydroxylation is 1. The molecule has 3 aromatic rings. The highest BCUT2D eigenvalue weighted by molar-refractivity contribution is 6.01. The van der Waals surface area contributed by atoms with Crippen LogP contribution >= 0.6 is 0 Å². The van der Waals surface area contributed by atoms with E-state index >= 15 is 0 Å². The molecular weight excluding hydrogens is 450 g/mol. The Bertz CT molecular complexity index is 1290. The highest BCUT2D eigenvalue weighted by Gasteiger charge is 2.37. The van der Waals surface area contributed by atoms with E-state index in [-0.39, 0.29) is 5.91 Å². The molecule has 0 bridgehead atoms. The van der Waals surface area contributed by atoms with Gasteiger partial charge in [0.25, 0.3) is 5.91 Å². The van der Waals surface area contributed by atoms with Crippen molar-refractivity contribution in [3.05, 3.63) is 93.5 Å². The maximum Gasteiger partial charge on any atom is 0.337 e. The average molecular weight is 486 g/mol. The Labute approximate surface area is 213 Å². The zero-order valence-corrected chi connectivity index (χ0v) is 22.0. The molecule has 0 spiro atoms. The number of fused-ring (bicyclic) bond motifs is 1. The van der Waals surface area contributed by atoms with Crippen LogP contribution in [0.5, 0.6) is 0 Å². The van der Waals surface area contributed by atoms with E-state index < -0.39 is 17.7 Å². The number of hydrogen-bond donors (Lipinski definition) is 1. The lowest BCUT2D eigenvalue weighted by atomic mass is 9.79. The molecule has 0 saturated heterocycles. The fourth-order valence-corrected chi connectivity index (χ4v) is 5.16. The summed E-state index contributed by atoms with van der Waals surface area (Å²) in [6.45, 7) is 12.6. The number of carbonyl (C=O) groups is 2. The van der Waals surface area contributed by atoms with Crippen molar-refractivity contribution in [2.75, 3.05) is 6.54 Å². The molecule has 5 nitrogen and oxygen atoms in total. The van der Waals surface area contributed by atoms with Crippen molar-refractivity contribution < 1.29 is 19.4 Å². The molecule has 0 aromatic heterocycles. The van der Waals surface area contributed by atoms with Crippen LogP contribution in [-0.4, -0.2) is 34.0 Å². The van der Waals surface area contributed by atoms with Gasteiger partial charge in [0.1, 0.15) is 0 Å². The molecule has 1 heterocycles. The SMILES string of the molecule is Cc1ccc(-c2c(C)c3c(c(C)c2[C@H](OC(C)(C)C)C(=O)O)C(=O)N(Cc2ccccc2)CC3)cc1. The van der Waals surface area contributed by atoms with Crippen LogP contribution in [0.25, 0.3) is 11.1 Å². The molecule has 0 saturated carbocycles. The Hall–Kier alpha value is -3.44. The van der Waals surface area contributed by atoms with E-state index in [1.165, 1.54) is 0 Å². The largest absolute Gasteiger partial charge is 0.479 e. The number of hydrogen-bond acceptors (Lipinski definition) is 3. The topological polar surface area (TPSA) is 66.8 Å². The van der Waals surface area contributed by atoms with E-state index in [0.29, 0.717) is 29.8 Å². The van der Waals surface area contributed by atoms with Gasteiger partial charge in [-0.05, 0) is 81.3 Å². The van der Waals surface area contributed by atoms with E-state index in [9.17, 15) is 14.7 Å². The number of rotatable bonds is 6. The van der Waals surface area contributed by atoms with Gasteiger partial charge in [0, 0.05) is 24.2 Å². The van der Waals surface area contributed by atoms with Gasteiger partial charge in [-0.15, -0.1) is 0 Å². The maximum absolute atomic E-state index is 13.9. The highest BCUT2D eigenvalue weighted by atomic mass is 16.5. The third-order valence-corrected chi connectivity index (χ3v) is 6.82. The van der Waals surface area contributed by atoms with Gasteiger partial charge in [-0.25, -0.2) is 4.79 Å². The summed E-state index contributed by atoms with van der Waals surface area (Å²) in [5, 5.41) is 10.3. The van der Waals surface area contributed by atoms with E-state index in [1.807, 2.05) is 101 Å². The molecule has 5 heteroatoms. The first-order chi connectivity index (χ1) is 17.0. The first-order valence-corrected chi connectivity index (χ1v) is 12.4. The Morgan fingerprint density at radius 1 is 0.972 bits per heavy atom. The summed E-state index contributed by atoms with van der Waals surface area (Å²) in [5.41, 5.74) is 7.11. The van der Waals surface area contributed by atoms with Crippen molar-refractivity contribution >= 4 is 11.9 Å². The lowest BCUT2D eigenvalue weighted by molar-refractivity contribution is -0.160. The molecule has 4 rings (SSSR count). The smallest absolute Gasteiger partial charge is 0.337 e. The summed E-state index contributed by atoms with van der Waals surface area (Å²) in [7, 11) is 0. The zero-order valence-electron chi connectivity index (χ0n) is 22.0. The Morgan fingerprint density at radius 2 is 1.61 bits per heavy atom. The normalized spacial score (nSPS) is 14.5. The molecule has 1 aliphatic rings. The van der Waals surface area contributed by atoms with Gasteiger partial charge >= 0.3 is 5.97 Å². The van der Waals surface area contributed by atoms with Crippen LogP contribution in [0.4, 0.5) is 0 Å². The van der Waals surface area contributed by atoms with Gasteiger partial charge in [0.15, 0.2) is 6.10 Å². The second kappa shape index (κ2) is 9.90. The fourth-order valence-electron chi connectivity index (χ4n) is 5.16. The summed E-state index contributed by atoms with van der Waals surface area (Å²) in [6.07, 6.45) is -0.486. The predicted octanol–water partition coefficient (Wildman–Crippen LogP) is 6.42. The van der Waals surface area contributed by atoms with Crippen LogP contribution in [0.1, 0.15) is 70.6 Å². The van der Waals surface area contributed by atoms with Gasteiger partial charge in [0.2, 0.25) is 0 Å². The molecular formula is C31H35NO4. The van der Waals surface area contributed by atoms with Crippen LogP contribution in [0, 0.1) is 20.8 Å². The Kier molecular flexibility index (Phi) is 7.05. The van der Waals surface area contributed by atoms with Gasteiger partial charge in [0.05, 0.1) is 5.60 Å². The van der Waals surface area contributed by atoms with E-state index in [2.05, 4.69) is 0 Å². The Morgan fingerprint density at radius 3 is 2.19 bits per heavy atom. The zero-order chi connectivity index (χ0) is 26.2. The minimum Gasteiger partial charge on any atom is -0.479 e. The molecule has 1 N–H and O–H groups in total. The lowest BCUT2D eigenvalue weighted by Crippen LogP contribution is -2.39. The van der Waals surface area contributed by atoms with Crippen molar-refractivity contribution in [3.8, 4) is 11.1 Å². The minimum atomic E-state index is -1.21. The number of carbonyl (C=O) groups excluding carboxylic acids is 1. The second-order valence-electron chi connectivity index (χ2n) is 10.7. The van der Waals surface area contributed by atoms with Crippen molar-refractivity contribution in [2.24, 2.45) is 0 Å². The van der Waals surface area contributed by atoms with Crippen LogP contribution in [0.3, 0.4) is 0 Å². The first kappa shape index (κ1) is 25.6. The van der Waals surface area contributed by atoms with Gasteiger partial charge in [-0.1, -0.05) is 60.2 Å². The molecule has 36 heavy (non-hydrogen) atoms. The molecule has 0 radical (unpaired) electrons. The number of carboxylic acids is 1. The Balaban J connectivity index is 1.93. The van der Waals surface area contributed by atoms with Crippen LogP contribution < -0.4 is 0 Å². The standard InChI is InChI=1S/C31H35NO4/c1-19-12-14-23(15-13-19)25-20(2)24-16-17-32(18-22-10-8-7-9-11-22)29(33)26(24)21(3)27(25)28(30(34)35)36-31(4,5)6/h7-15,28H,16-18H2,1-6H3,(H,34,35)/t28-/m0/s1. The van der Waals surface area contributed by atoms with E-state index in [0.717, 1.165) is 39.8 Å². The third-order valence-electron chi connectivity index (χ3n) is 6.82. The number of ether oxygens (including phenoxy) is 1. The third kappa shape index (κ3) is 5.07. The fraction of sp³-hybridized carbons (Fsp3) is 0.355. The number of benzene rings is 3. The molecule has 1 atom stereocenters. The molecule has 1 aliphatic heterocycles. The predicted molar refractivity (Wildman–Crippen MR) is 142 cm³/mol. The number of aliphatic carboxylic acids is 1. The minimum absolute atomic E-state index is 0.0580. The van der Waals surface area contributed by atoms with Crippen molar-refractivity contribution in [1.29, 1.82) is 0 Å². The molecule has 0 unspecified atom stereocenters. The van der Waals surface area contributed by atoms with Gasteiger partial charge < -0.3 is 14.7 Å². The maximum atomic E-state index is 13.9. The van der Waals surface area contributed by atoms with Crippen LogP contribution in [-0.2, 0) is 22.5 Å². The molecule has 188 valence electrons. The van der Waals surface area contributed by atoms with Gasteiger partial charge in [-0.3, -0.25) is 4.79 Å². The summed E-state index contributed by atoms with van der Waals surface area (Å²) in [4.78, 5) is 28.3. The summed E-state index contributed by atoms with van der Waals surface area (Å²) < 4.78 is 6.13. The second-order valence-corrected chi connectivity index (χ2v) is 10.7. The number of amides is 1. The number of carboxylic acid groups (broad SMARTS) is 1. The molecule has 1 amide bonds. The quantitative estimate of drug-likeness (QED) is 0.438. The number of nitrogens with zero attached hydrogens (tertiary/aromatic N) is 1.